The number of methoxy groups -OCH3 is 1. The smallest absolute Gasteiger partial charge is 0.343 e. The lowest BCUT2D eigenvalue weighted by atomic mass is 10.1. The molecule has 0 fully saturated rings. The van der Waals surface area contributed by atoms with Crippen LogP contribution in [0.1, 0.15) is 56.4 Å². The molecule has 0 bridgehead atoms. The summed E-state index contributed by atoms with van der Waals surface area (Å²) in [5.74, 6) is -0.600. The second kappa shape index (κ2) is 9.06. The third-order valence-corrected chi connectivity index (χ3v) is 5.19. The lowest BCUT2D eigenvalue weighted by Gasteiger charge is -2.17. The molecule has 31 heavy (non-hydrogen) atoms. The van der Waals surface area contributed by atoms with Gasteiger partial charge in [-0.15, -0.1) is 0 Å². The maximum absolute atomic E-state index is 12.8. The van der Waals surface area contributed by atoms with Crippen molar-refractivity contribution in [3.8, 4) is 12.0 Å². The number of esters is 1. The first-order valence-corrected chi connectivity index (χ1v) is 9.84. The summed E-state index contributed by atoms with van der Waals surface area (Å²) in [4.78, 5) is 25.5. The highest BCUT2D eigenvalue weighted by Crippen LogP contribution is 2.26. The van der Waals surface area contributed by atoms with Gasteiger partial charge in [-0.2, -0.15) is 5.26 Å². The van der Waals surface area contributed by atoms with E-state index in [1.54, 1.807) is 49.2 Å². The molecule has 0 aromatic carbocycles. The number of furan rings is 1. The third-order valence-electron chi connectivity index (χ3n) is 5.19. The predicted molar refractivity (Wildman–Crippen MR) is 113 cm³/mol. The summed E-state index contributed by atoms with van der Waals surface area (Å²) in [6, 6.07) is 7.40. The number of carbonyl (C=O) groups is 2. The molecule has 1 unspecified atom stereocenters. The molecule has 0 aliphatic carbocycles. The van der Waals surface area contributed by atoms with Crippen LogP contribution in [0.2, 0.25) is 0 Å². The van der Waals surface area contributed by atoms with Gasteiger partial charge in [-0.3, -0.25) is 9.36 Å². The highest BCUT2D eigenvalue weighted by molar-refractivity contribution is 6.01. The molecule has 0 aliphatic heterocycles. The van der Waals surface area contributed by atoms with Gasteiger partial charge in [0.15, 0.2) is 6.61 Å². The number of nitrogens with zero attached hydrogens (tertiary/aromatic N) is 3. The first kappa shape index (κ1) is 22.1. The van der Waals surface area contributed by atoms with E-state index in [2.05, 4.69) is 0 Å². The summed E-state index contributed by atoms with van der Waals surface area (Å²) >= 11 is 0. The van der Waals surface area contributed by atoms with Crippen LogP contribution in [-0.4, -0.2) is 41.2 Å². The second-order valence-corrected chi connectivity index (χ2v) is 7.37. The number of hydrogen-bond donors (Lipinski definition) is 0. The van der Waals surface area contributed by atoms with E-state index in [-0.39, 0.29) is 34.6 Å². The maximum atomic E-state index is 12.8. The van der Waals surface area contributed by atoms with E-state index in [9.17, 15) is 14.9 Å². The van der Waals surface area contributed by atoms with Gasteiger partial charge in [-0.1, -0.05) is 0 Å². The van der Waals surface area contributed by atoms with Gasteiger partial charge in [0.2, 0.25) is 11.7 Å². The molecule has 3 heterocycles. The van der Waals surface area contributed by atoms with E-state index in [0.29, 0.717) is 12.2 Å². The first-order chi connectivity index (χ1) is 14.8. The summed E-state index contributed by atoms with van der Waals surface area (Å²) < 4.78 is 19.7. The van der Waals surface area contributed by atoms with Crippen LogP contribution in [0.4, 0.5) is 0 Å². The number of ether oxygens (including phenoxy) is 2. The molecule has 0 saturated carbocycles. The predicted octanol–water partition coefficient (Wildman–Crippen LogP) is 3.92. The molecular formula is C23H25N3O5. The van der Waals surface area contributed by atoms with Gasteiger partial charge in [0.05, 0.1) is 12.6 Å². The van der Waals surface area contributed by atoms with Gasteiger partial charge in [0, 0.05) is 36.5 Å². The lowest BCUT2D eigenvalue weighted by molar-refractivity contribution is 0.0472. The largest absolute Gasteiger partial charge is 0.454 e. The molecule has 162 valence electrons. The molecule has 1 atom stereocenters. The van der Waals surface area contributed by atoms with E-state index in [1.807, 2.05) is 31.4 Å². The normalized spacial score (nSPS) is 11.9. The van der Waals surface area contributed by atoms with Gasteiger partial charge in [-0.25, -0.2) is 4.79 Å². The highest BCUT2D eigenvalue weighted by Gasteiger charge is 2.27. The quantitative estimate of drug-likeness (QED) is 0.402. The van der Waals surface area contributed by atoms with Crippen LogP contribution in [0.15, 0.2) is 35.0 Å². The van der Waals surface area contributed by atoms with E-state index in [1.165, 1.54) is 0 Å². The molecule has 0 radical (unpaired) electrons. The van der Waals surface area contributed by atoms with Crippen LogP contribution in [-0.2, 0) is 9.47 Å². The number of hydrogen-bond acceptors (Lipinski definition) is 6. The number of carbonyl (C=O) groups excluding carboxylic acids is 2. The van der Waals surface area contributed by atoms with E-state index < -0.39 is 12.6 Å². The highest BCUT2D eigenvalue weighted by atomic mass is 16.5. The summed E-state index contributed by atoms with van der Waals surface area (Å²) in [6.45, 7) is 7.43. The van der Waals surface area contributed by atoms with Crippen LogP contribution < -0.4 is 0 Å². The number of ketones is 1. The maximum Gasteiger partial charge on any atom is 0.343 e. The van der Waals surface area contributed by atoms with Gasteiger partial charge in [-0.05, 0) is 45.9 Å². The minimum absolute atomic E-state index is 0.0261. The van der Waals surface area contributed by atoms with Crippen LogP contribution in [0.3, 0.4) is 0 Å². The van der Waals surface area contributed by atoms with Gasteiger partial charge < -0.3 is 18.5 Å². The molecule has 3 aromatic rings. The summed E-state index contributed by atoms with van der Waals surface area (Å²) in [5, 5.41) is 9.57. The fourth-order valence-electron chi connectivity index (χ4n) is 3.87. The molecule has 8 nitrogen and oxygen atoms in total. The summed E-state index contributed by atoms with van der Waals surface area (Å²) in [6.07, 6.45) is 3.41. The molecule has 0 spiro atoms. The van der Waals surface area contributed by atoms with Crippen molar-refractivity contribution < 1.29 is 23.5 Å². The molecular weight excluding hydrogens is 398 g/mol. The second-order valence-electron chi connectivity index (χ2n) is 7.37. The lowest BCUT2D eigenvalue weighted by Crippen LogP contribution is -2.17. The Labute approximate surface area is 180 Å². The fourth-order valence-corrected chi connectivity index (χ4v) is 3.87. The van der Waals surface area contributed by atoms with Crippen molar-refractivity contribution >= 4 is 11.8 Å². The van der Waals surface area contributed by atoms with Crippen molar-refractivity contribution in [2.45, 2.75) is 33.7 Å². The zero-order valence-corrected chi connectivity index (χ0v) is 18.3. The average molecular weight is 423 g/mol. The molecule has 0 amide bonds. The van der Waals surface area contributed by atoms with Crippen molar-refractivity contribution in [1.82, 2.24) is 9.13 Å². The van der Waals surface area contributed by atoms with Crippen LogP contribution in [0.5, 0.6) is 0 Å². The Kier molecular flexibility index (Phi) is 6.47. The van der Waals surface area contributed by atoms with Gasteiger partial charge in [0.25, 0.3) is 0 Å². The molecule has 0 saturated heterocycles. The number of nitriles is 1. The van der Waals surface area contributed by atoms with Crippen LogP contribution in [0.25, 0.3) is 5.88 Å². The first-order valence-electron chi connectivity index (χ1n) is 9.84. The minimum Gasteiger partial charge on any atom is -0.454 e. The zero-order valence-electron chi connectivity index (χ0n) is 18.3. The number of aryl methyl sites for hydroxylation is 2. The topological polar surface area (TPSA) is 99.4 Å². The van der Waals surface area contributed by atoms with Crippen molar-refractivity contribution in [3.63, 3.8) is 0 Å². The Morgan fingerprint density at radius 2 is 1.90 bits per heavy atom. The summed E-state index contributed by atoms with van der Waals surface area (Å²) in [7, 11) is 1.63. The molecule has 0 aliphatic rings. The Balaban J connectivity index is 1.79. The van der Waals surface area contributed by atoms with Gasteiger partial charge >= 0.3 is 5.97 Å². The Hall–Kier alpha value is -3.57. The SMILES string of the molecule is COCC(C)n1c(C)cc(C(=O)COC(=O)c2c(C)oc(-n3cccc3)c2C#N)c1C. The van der Waals surface area contributed by atoms with Crippen molar-refractivity contribution in [2.24, 2.45) is 0 Å². The fraction of sp³-hybridized carbons (Fsp3) is 0.348. The van der Waals surface area contributed by atoms with Crippen molar-refractivity contribution in [3.05, 3.63) is 64.4 Å². The monoisotopic (exact) mass is 423 g/mol. The average Bonchev–Trinajstić information content (AvgIpc) is 3.43. The van der Waals surface area contributed by atoms with Crippen LogP contribution >= 0.6 is 0 Å². The van der Waals surface area contributed by atoms with E-state index in [0.717, 1.165) is 11.4 Å². The van der Waals surface area contributed by atoms with E-state index in [4.69, 9.17) is 13.9 Å². The Bertz CT molecular complexity index is 1150. The standard InChI is InChI=1S/C23H25N3O5/c1-14-10-18(16(3)26(14)15(2)12-29-5)20(27)13-30-23(28)21-17(4)31-22(19(21)11-24)25-8-6-7-9-25/h6-10,15H,12-13H2,1-5H3. The molecule has 8 heteroatoms. The minimum atomic E-state index is -0.772. The van der Waals surface area contributed by atoms with E-state index >= 15 is 0 Å². The molecule has 3 rings (SSSR count). The summed E-state index contributed by atoms with van der Waals surface area (Å²) in [5.41, 5.74) is 2.29. The van der Waals surface area contributed by atoms with Crippen molar-refractivity contribution in [1.29, 1.82) is 5.26 Å². The van der Waals surface area contributed by atoms with Gasteiger partial charge in [0.1, 0.15) is 23.0 Å². The third kappa shape index (κ3) is 4.18. The zero-order chi connectivity index (χ0) is 22.7. The van der Waals surface area contributed by atoms with Crippen LogP contribution in [0, 0.1) is 32.1 Å². The number of aromatic nitrogens is 2. The Morgan fingerprint density at radius 1 is 1.23 bits per heavy atom. The number of rotatable bonds is 8. The molecule has 3 aromatic heterocycles. The Morgan fingerprint density at radius 3 is 2.52 bits per heavy atom. The number of Topliss-reactive ketones (excluding diaryl/α,β-unsaturated/α-hetero) is 1. The molecule has 0 N–H and O–H groups in total. The van der Waals surface area contributed by atoms with Crippen molar-refractivity contribution in [2.75, 3.05) is 20.3 Å².